The van der Waals surface area contributed by atoms with E-state index in [-0.39, 0.29) is 28.8 Å². The molecule has 2 rings (SSSR count). The van der Waals surface area contributed by atoms with Gasteiger partial charge in [0.15, 0.2) is 11.9 Å². The van der Waals surface area contributed by atoms with Crippen molar-refractivity contribution in [2.24, 2.45) is 21.4 Å². The molecule has 0 fully saturated rings. The standard InChI is InChI=1S/C18H22N6O4/c1-18(2,3)14(28-17(20)27)16(26)22-13-9-8-11(15(19)21-13)24-23-10-6-4-5-7-12(10)25/h4-9,14,25H,1-3H3,(H2,20,27)(H3,19,21,22,26). The minimum atomic E-state index is -1.12. The highest BCUT2D eigenvalue weighted by Crippen LogP contribution is 2.29. The van der Waals surface area contributed by atoms with Crippen molar-refractivity contribution < 1.29 is 19.4 Å². The number of rotatable bonds is 5. The zero-order valence-electron chi connectivity index (χ0n) is 15.7. The molecule has 0 saturated heterocycles. The van der Waals surface area contributed by atoms with Gasteiger partial charge in [0.2, 0.25) is 0 Å². The summed E-state index contributed by atoms with van der Waals surface area (Å²) in [6.45, 7) is 5.18. The van der Waals surface area contributed by atoms with Crippen LogP contribution in [0.2, 0.25) is 0 Å². The Morgan fingerprint density at radius 1 is 1.14 bits per heavy atom. The molecule has 2 aromatic rings. The highest BCUT2D eigenvalue weighted by atomic mass is 16.6. The van der Waals surface area contributed by atoms with Crippen molar-refractivity contribution in [2.45, 2.75) is 26.9 Å². The number of hydrogen-bond acceptors (Lipinski definition) is 8. The largest absolute Gasteiger partial charge is 0.506 e. The first-order valence-electron chi connectivity index (χ1n) is 8.31. The maximum absolute atomic E-state index is 12.4. The van der Waals surface area contributed by atoms with E-state index in [1.54, 1.807) is 39.0 Å². The number of nitrogens with one attached hydrogen (secondary N) is 1. The first-order valence-corrected chi connectivity index (χ1v) is 8.31. The Bertz CT molecular complexity index is 907. The van der Waals surface area contributed by atoms with Gasteiger partial charge in [-0.15, -0.1) is 10.2 Å². The normalized spacial score (nSPS) is 12.5. The summed E-state index contributed by atoms with van der Waals surface area (Å²) < 4.78 is 4.91. The second-order valence-corrected chi connectivity index (χ2v) is 6.96. The van der Waals surface area contributed by atoms with Gasteiger partial charge in [0.05, 0.1) is 0 Å². The topological polar surface area (TPSA) is 165 Å². The summed E-state index contributed by atoms with van der Waals surface area (Å²) in [5.41, 5.74) is 10.7. The molecule has 1 heterocycles. The van der Waals surface area contributed by atoms with Gasteiger partial charge in [-0.25, -0.2) is 9.78 Å². The van der Waals surface area contributed by atoms with Crippen LogP contribution in [0.1, 0.15) is 20.8 Å². The highest BCUT2D eigenvalue weighted by Gasteiger charge is 2.34. The molecule has 1 aromatic heterocycles. The second kappa shape index (κ2) is 8.33. The number of benzene rings is 1. The van der Waals surface area contributed by atoms with E-state index in [1.807, 2.05) is 0 Å². The molecular formula is C18H22N6O4. The monoisotopic (exact) mass is 386 g/mol. The van der Waals surface area contributed by atoms with Crippen molar-refractivity contribution in [1.29, 1.82) is 0 Å². The third-order valence-electron chi connectivity index (χ3n) is 3.56. The van der Waals surface area contributed by atoms with E-state index in [4.69, 9.17) is 16.2 Å². The number of hydrogen-bond donors (Lipinski definition) is 4. The van der Waals surface area contributed by atoms with Crippen LogP contribution in [0.15, 0.2) is 46.6 Å². The molecule has 0 spiro atoms. The van der Waals surface area contributed by atoms with Crippen molar-refractivity contribution >= 4 is 35.0 Å². The number of azo groups is 1. The van der Waals surface area contributed by atoms with Crippen molar-refractivity contribution in [2.75, 3.05) is 11.1 Å². The van der Waals surface area contributed by atoms with Crippen LogP contribution in [0.25, 0.3) is 0 Å². The van der Waals surface area contributed by atoms with Gasteiger partial charge in [-0.1, -0.05) is 32.9 Å². The van der Waals surface area contributed by atoms with Gasteiger partial charge in [-0.05, 0) is 24.3 Å². The molecule has 0 aliphatic carbocycles. The van der Waals surface area contributed by atoms with Gasteiger partial charge in [0, 0.05) is 5.41 Å². The molecule has 0 radical (unpaired) electrons. The van der Waals surface area contributed by atoms with E-state index < -0.39 is 23.5 Å². The van der Waals surface area contributed by atoms with E-state index in [1.165, 1.54) is 18.2 Å². The van der Waals surface area contributed by atoms with Gasteiger partial charge in [0.1, 0.15) is 22.9 Å². The lowest BCUT2D eigenvalue weighted by Crippen LogP contribution is -2.43. The molecular weight excluding hydrogens is 364 g/mol. The predicted molar refractivity (Wildman–Crippen MR) is 103 cm³/mol. The zero-order chi connectivity index (χ0) is 20.9. The second-order valence-electron chi connectivity index (χ2n) is 6.96. The number of primary amides is 1. The average molecular weight is 386 g/mol. The van der Waals surface area contributed by atoms with Gasteiger partial charge in [0.25, 0.3) is 5.91 Å². The minimum absolute atomic E-state index is 0.0140. The lowest BCUT2D eigenvalue weighted by atomic mass is 9.88. The molecule has 0 bridgehead atoms. The lowest BCUT2D eigenvalue weighted by molar-refractivity contribution is -0.129. The van der Waals surface area contributed by atoms with Gasteiger partial charge in [-0.3, -0.25) is 4.79 Å². The Morgan fingerprint density at radius 3 is 2.36 bits per heavy atom. The van der Waals surface area contributed by atoms with Crippen molar-refractivity contribution in [1.82, 2.24) is 4.98 Å². The molecule has 1 unspecified atom stereocenters. The van der Waals surface area contributed by atoms with E-state index in [0.29, 0.717) is 0 Å². The molecule has 0 aliphatic heterocycles. The number of nitrogens with two attached hydrogens (primary N) is 2. The number of carbonyl (C=O) groups excluding carboxylic acids is 2. The smallest absolute Gasteiger partial charge is 0.405 e. The summed E-state index contributed by atoms with van der Waals surface area (Å²) in [4.78, 5) is 27.6. The zero-order valence-corrected chi connectivity index (χ0v) is 15.7. The third kappa shape index (κ3) is 5.40. The first kappa shape index (κ1) is 20.6. The fraction of sp³-hybridized carbons (Fsp3) is 0.278. The van der Waals surface area contributed by atoms with Crippen LogP contribution >= 0.6 is 0 Å². The third-order valence-corrected chi connectivity index (χ3v) is 3.56. The van der Waals surface area contributed by atoms with Crippen LogP contribution in [0.5, 0.6) is 5.75 Å². The summed E-state index contributed by atoms with van der Waals surface area (Å²) in [7, 11) is 0. The number of ether oxygens (including phenoxy) is 1. The Balaban J connectivity index is 2.16. The summed E-state index contributed by atoms with van der Waals surface area (Å²) in [5.74, 6) is -0.461. The molecule has 1 atom stereocenters. The Hall–Kier alpha value is -3.69. The van der Waals surface area contributed by atoms with Gasteiger partial charge in [-0.2, -0.15) is 0 Å². The molecule has 148 valence electrons. The number of para-hydroxylation sites is 1. The fourth-order valence-corrected chi connectivity index (χ4v) is 2.21. The maximum Gasteiger partial charge on any atom is 0.405 e. The summed E-state index contributed by atoms with van der Waals surface area (Å²) in [6, 6.07) is 9.40. The van der Waals surface area contributed by atoms with Gasteiger partial charge >= 0.3 is 6.09 Å². The number of phenols is 1. The number of aromatic nitrogens is 1. The SMILES string of the molecule is CC(C)(C)C(OC(N)=O)C(=O)Nc1ccc(N=Nc2ccccc2O)c(N)n1. The molecule has 10 heteroatoms. The predicted octanol–water partition coefficient (Wildman–Crippen LogP) is 3.23. The molecule has 6 N–H and O–H groups in total. The highest BCUT2D eigenvalue weighted by molar-refractivity contribution is 5.95. The van der Waals surface area contributed by atoms with Crippen LogP contribution in [0, 0.1) is 5.41 Å². The summed E-state index contributed by atoms with van der Waals surface area (Å²) in [5, 5.41) is 20.1. The van der Waals surface area contributed by atoms with Crippen LogP contribution in [0.3, 0.4) is 0 Å². The number of pyridine rings is 1. The number of anilines is 2. The minimum Gasteiger partial charge on any atom is -0.506 e. The van der Waals surface area contributed by atoms with E-state index in [2.05, 4.69) is 20.5 Å². The number of carbonyl (C=O) groups is 2. The van der Waals surface area contributed by atoms with Crippen LogP contribution in [-0.2, 0) is 9.53 Å². The summed E-state index contributed by atoms with van der Waals surface area (Å²) in [6.07, 6.45) is -2.17. The van der Waals surface area contributed by atoms with E-state index >= 15 is 0 Å². The van der Waals surface area contributed by atoms with Crippen LogP contribution in [0.4, 0.5) is 27.8 Å². The fourth-order valence-electron chi connectivity index (χ4n) is 2.21. The lowest BCUT2D eigenvalue weighted by Gasteiger charge is -2.28. The molecule has 0 saturated carbocycles. The van der Waals surface area contributed by atoms with E-state index in [9.17, 15) is 14.7 Å². The Morgan fingerprint density at radius 2 is 1.79 bits per heavy atom. The van der Waals surface area contributed by atoms with E-state index in [0.717, 1.165) is 0 Å². The number of aromatic hydroxyl groups is 1. The molecule has 2 amide bonds. The summed E-state index contributed by atoms with van der Waals surface area (Å²) >= 11 is 0. The van der Waals surface area contributed by atoms with Crippen molar-refractivity contribution in [3.63, 3.8) is 0 Å². The number of phenolic OH excluding ortho intramolecular Hbond substituents is 1. The quantitative estimate of drug-likeness (QED) is 0.576. The van der Waals surface area contributed by atoms with Crippen LogP contribution in [-0.4, -0.2) is 28.2 Å². The maximum atomic E-state index is 12.4. The van der Waals surface area contributed by atoms with Crippen LogP contribution < -0.4 is 16.8 Å². The number of amides is 2. The van der Waals surface area contributed by atoms with Crippen molar-refractivity contribution in [3.8, 4) is 5.75 Å². The Labute approximate surface area is 161 Å². The number of nitrogens with zero attached hydrogens (tertiary/aromatic N) is 3. The molecule has 28 heavy (non-hydrogen) atoms. The van der Waals surface area contributed by atoms with Gasteiger partial charge < -0.3 is 26.6 Å². The number of nitrogen functional groups attached to an aromatic ring is 1. The first-order chi connectivity index (χ1) is 13.1. The molecule has 1 aromatic carbocycles. The molecule has 0 aliphatic rings. The molecule has 10 nitrogen and oxygen atoms in total. The Kier molecular flexibility index (Phi) is 6.14. The average Bonchev–Trinajstić information content (AvgIpc) is 2.59. The van der Waals surface area contributed by atoms with Crippen molar-refractivity contribution in [3.05, 3.63) is 36.4 Å².